The summed E-state index contributed by atoms with van der Waals surface area (Å²) in [4.78, 5) is 10.7. The Hall–Kier alpha value is -0.610. The van der Waals surface area contributed by atoms with Gasteiger partial charge in [0.2, 0.25) is 0 Å². The Balaban J connectivity index is 2.62. The number of nitrogens with one attached hydrogen (secondary N) is 1. The van der Waals surface area contributed by atoms with Gasteiger partial charge in [-0.3, -0.25) is 4.79 Å². The lowest BCUT2D eigenvalue weighted by molar-refractivity contribution is -0.144. The molecule has 0 saturated carbocycles. The molecule has 0 spiro atoms. The fraction of sp³-hybridized carbons (Fsp3) is 0.857. The fourth-order valence-corrected chi connectivity index (χ4v) is 1.50. The number of hydrogen-bond acceptors (Lipinski definition) is 3. The number of carbonyl (C=O) groups is 1. The first-order valence-electron chi connectivity index (χ1n) is 3.80. The van der Waals surface area contributed by atoms with Crippen molar-refractivity contribution in [3.8, 4) is 0 Å². The summed E-state index contributed by atoms with van der Waals surface area (Å²) in [6.07, 6.45) is 1.82. The lowest BCUT2D eigenvalue weighted by Crippen LogP contribution is -2.48. The average molecular weight is 159 g/mol. The molecule has 1 heterocycles. The van der Waals surface area contributed by atoms with Gasteiger partial charge in [-0.15, -0.1) is 0 Å². The van der Waals surface area contributed by atoms with Crippen LogP contribution in [-0.2, 0) is 4.79 Å². The smallest absolute Gasteiger partial charge is 0.323 e. The van der Waals surface area contributed by atoms with Crippen LogP contribution in [0.1, 0.15) is 19.3 Å². The zero-order valence-electron chi connectivity index (χ0n) is 6.34. The van der Waals surface area contributed by atoms with Crippen LogP contribution in [0.4, 0.5) is 0 Å². The second-order valence-electron chi connectivity index (χ2n) is 2.89. The molecule has 1 saturated heterocycles. The van der Waals surface area contributed by atoms with Crippen molar-refractivity contribution >= 4 is 5.97 Å². The number of hydrogen-bond donors (Lipinski definition) is 3. The molecule has 1 atom stereocenters. The number of aliphatic hydroxyl groups is 1. The van der Waals surface area contributed by atoms with Crippen LogP contribution < -0.4 is 5.32 Å². The highest BCUT2D eigenvalue weighted by atomic mass is 16.4. The zero-order chi connectivity index (χ0) is 8.32. The highest BCUT2D eigenvalue weighted by Gasteiger charge is 2.40. The lowest BCUT2D eigenvalue weighted by Gasteiger charge is -2.22. The molecule has 0 bridgehead atoms. The summed E-state index contributed by atoms with van der Waals surface area (Å²) < 4.78 is 0. The molecule has 3 N–H and O–H groups in total. The second kappa shape index (κ2) is 3.19. The van der Waals surface area contributed by atoms with E-state index in [9.17, 15) is 4.79 Å². The van der Waals surface area contributed by atoms with Crippen molar-refractivity contribution in [3.63, 3.8) is 0 Å². The summed E-state index contributed by atoms with van der Waals surface area (Å²) in [5, 5.41) is 20.4. The number of carboxylic acid groups (broad SMARTS) is 1. The Bertz CT molecular complexity index is 152. The van der Waals surface area contributed by atoms with E-state index in [1.165, 1.54) is 0 Å². The van der Waals surface area contributed by atoms with E-state index in [0.717, 1.165) is 13.0 Å². The zero-order valence-corrected chi connectivity index (χ0v) is 6.34. The molecule has 1 fully saturated rings. The Kier molecular flexibility index (Phi) is 2.46. The molecule has 1 unspecified atom stereocenters. The van der Waals surface area contributed by atoms with E-state index in [4.69, 9.17) is 10.2 Å². The van der Waals surface area contributed by atoms with Gasteiger partial charge in [0.25, 0.3) is 0 Å². The van der Waals surface area contributed by atoms with Gasteiger partial charge in [-0.1, -0.05) is 0 Å². The molecule has 4 heteroatoms. The van der Waals surface area contributed by atoms with Crippen LogP contribution in [0.15, 0.2) is 0 Å². The maximum absolute atomic E-state index is 10.7. The molecule has 0 aromatic carbocycles. The summed E-state index contributed by atoms with van der Waals surface area (Å²) >= 11 is 0. The summed E-state index contributed by atoms with van der Waals surface area (Å²) in [6, 6.07) is 0. The molecule has 4 nitrogen and oxygen atoms in total. The molecular formula is C7H13NO3. The molecular weight excluding hydrogens is 146 g/mol. The maximum Gasteiger partial charge on any atom is 0.323 e. The molecule has 0 aromatic rings. The third-order valence-corrected chi connectivity index (χ3v) is 2.19. The highest BCUT2D eigenvalue weighted by molar-refractivity contribution is 5.79. The predicted octanol–water partition coefficient (Wildman–Crippen LogP) is -0.424. The van der Waals surface area contributed by atoms with E-state index in [1.54, 1.807) is 0 Å². The van der Waals surface area contributed by atoms with Crippen LogP contribution in [-0.4, -0.2) is 34.9 Å². The minimum absolute atomic E-state index is 0.0701. The fourth-order valence-electron chi connectivity index (χ4n) is 1.50. The van der Waals surface area contributed by atoms with E-state index in [1.807, 2.05) is 0 Å². The van der Waals surface area contributed by atoms with Gasteiger partial charge in [0.05, 0.1) is 0 Å². The van der Waals surface area contributed by atoms with Crippen molar-refractivity contribution in [2.75, 3.05) is 13.2 Å². The third-order valence-electron chi connectivity index (χ3n) is 2.19. The van der Waals surface area contributed by atoms with Gasteiger partial charge in [-0.2, -0.15) is 0 Å². The van der Waals surface area contributed by atoms with Crippen molar-refractivity contribution in [1.29, 1.82) is 0 Å². The van der Waals surface area contributed by atoms with Crippen LogP contribution in [0, 0.1) is 0 Å². The number of rotatable bonds is 3. The average Bonchev–Trinajstić information content (AvgIpc) is 2.38. The second-order valence-corrected chi connectivity index (χ2v) is 2.89. The van der Waals surface area contributed by atoms with E-state index in [2.05, 4.69) is 5.32 Å². The van der Waals surface area contributed by atoms with Crippen LogP contribution >= 0.6 is 0 Å². The van der Waals surface area contributed by atoms with Gasteiger partial charge in [0, 0.05) is 6.61 Å². The maximum atomic E-state index is 10.7. The van der Waals surface area contributed by atoms with Gasteiger partial charge in [-0.25, -0.2) is 0 Å². The van der Waals surface area contributed by atoms with E-state index in [-0.39, 0.29) is 6.61 Å². The first-order valence-corrected chi connectivity index (χ1v) is 3.80. The van der Waals surface area contributed by atoms with E-state index >= 15 is 0 Å². The normalized spacial score (nSPS) is 30.6. The van der Waals surface area contributed by atoms with Gasteiger partial charge in [0.15, 0.2) is 0 Å². The topological polar surface area (TPSA) is 69.6 Å². The largest absolute Gasteiger partial charge is 0.480 e. The predicted molar refractivity (Wildman–Crippen MR) is 39.3 cm³/mol. The van der Waals surface area contributed by atoms with E-state index < -0.39 is 11.5 Å². The standard InChI is InChI=1S/C7H13NO3/c9-5-3-7(6(10)11)2-1-4-8-7/h8-9H,1-5H2,(H,10,11). The van der Waals surface area contributed by atoms with Gasteiger partial charge in [-0.05, 0) is 25.8 Å². The quantitative estimate of drug-likeness (QED) is 0.523. The Morgan fingerprint density at radius 3 is 2.73 bits per heavy atom. The Labute approximate surface area is 65.2 Å². The number of aliphatic hydroxyl groups excluding tert-OH is 1. The van der Waals surface area contributed by atoms with Gasteiger partial charge in [0.1, 0.15) is 5.54 Å². The number of aliphatic carboxylic acids is 1. The summed E-state index contributed by atoms with van der Waals surface area (Å²) in [5.74, 6) is -0.843. The highest BCUT2D eigenvalue weighted by Crippen LogP contribution is 2.22. The molecule has 1 aliphatic heterocycles. The summed E-state index contributed by atoms with van der Waals surface area (Å²) in [6.45, 7) is 0.672. The van der Waals surface area contributed by atoms with Crippen LogP contribution in [0.25, 0.3) is 0 Å². The van der Waals surface area contributed by atoms with Crippen LogP contribution in [0.5, 0.6) is 0 Å². The molecule has 64 valence electrons. The van der Waals surface area contributed by atoms with Crippen molar-refractivity contribution in [3.05, 3.63) is 0 Å². The summed E-state index contributed by atoms with van der Waals surface area (Å²) in [7, 11) is 0. The minimum atomic E-state index is -0.843. The van der Waals surface area contributed by atoms with Crippen LogP contribution in [0.3, 0.4) is 0 Å². The molecule has 0 aromatic heterocycles. The van der Waals surface area contributed by atoms with Crippen molar-refractivity contribution in [2.24, 2.45) is 0 Å². The molecule has 1 aliphatic rings. The minimum Gasteiger partial charge on any atom is -0.480 e. The molecule has 1 rings (SSSR count). The first kappa shape index (κ1) is 8.49. The first-order chi connectivity index (χ1) is 5.21. The SMILES string of the molecule is O=C(O)C1(CCO)CCCN1. The van der Waals surface area contributed by atoms with Crippen LogP contribution in [0.2, 0.25) is 0 Å². The molecule has 0 amide bonds. The van der Waals surface area contributed by atoms with Crippen molar-refractivity contribution < 1.29 is 15.0 Å². The lowest BCUT2D eigenvalue weighted by atomic mass is 9.94. The molecule has 11 heavy (non-hydrogen) atoms. The number of carboxylic acids is 1. The monoisotopic (exact) mass is 159 g/mol. The third kappa shape index (κ3) is 1.52. The Morgan fingerprint density at radius 1 is 1.64 bits per heavy atom. The van der Waals surface area contributed by atoms with Crippen molar-refractivity contribution in [2.45, 2.75) is 24.8 Å². The van der Waals surface area contributed by atoms with Gasteiger partial charge >= 0.3 is 5.97 Å². The van der Waals surface area contributed by atoms with E-state index in [0.29, 0.717) is 12.8 Å². The Morgan fingerprint density at radius 2 is 2.36 bits per heavy atom. The van der Waals surface area contributed by atoms with Gasteiger partial charge < -0.3 is 15.5 Å². The molecule has 0 radical (unpaired) electrons. The molecule has 0 aliphatic carbocycles. The van der Waals surface area contributed by atoms with Crippen molar-refractivity contribution in [1.82, 2.24) is 5.32 Å². The summed E-state index contributed by atoms with van der Waals surface area (Å²) in [5.41, 5.74) is -0.839.